The van der Waals surface area contributed by atoms with Gasteiger partial charge < -0.3 is 10.1 Å². The Labute approximate surface area is 174 Å². The second-order valence-corrected chi connectivity index (χ2v) is 8.82. The molecule has 1 N–H and O–H groups in total. The van der Waals surface area contributed by atoms with Crippen LogP contribution in [0.1, 0.15) is 45.7 Å². The minimum absolute atomic E-state index is 0.115. The zero-order valence-electron chi connectivity index (χ0n) is 18.1. The molecule has 2 atom stereocenters. The van der Waals surface area contributed by atoms with Crippen LogP contribution in [0, 0.1) is 11.8 Å². The molecule has 0 aliphatic carbocycles. The maximum atomic E-state index is 13.1. The fraction of sp³-hybridized carbons (Fsp3) is 0.440. The number of amides is 1. The van der Waals surface area contributed by atoms with Crippen molar-refractivity contribution in [3.8, 4) is 0 Å². The highest BCUT2D eigenvalue weighted by Crippen LogP contribution is 2.19. The van der Waals surface area contributed by atoms with E-state index in [0.717, 1.165) is 11.1 Å². The normalized spacial score (nSPS) is 13.6. The fourth-order valence-electron chi connectivity index (χ4n) is 3.19. The van der Waals surface area contributed by atoms with Crippen LogP contribution in [0.4, 0.5) is 0 Å². The van der Waals surface area contributed by atoms with Gasteiger partial charge >= 0.3 is 5.97 Å². The first-order chi connectivity index (χ1) is 13.7. The molecule has 0 fully saturated rings. The first-order valence-corrected chi connectivity index (χ1v) is 10.3. The molecule has 0 aliphatic rings. The monoisotopic (exact) mass is 395 g/mol. The Hall–Kier alpha value is -2.62. The Morgan fingerprint density at radius 3 is 1.79 bits per heavy atom. The van der Waals surface area contributed by atoms with E-state index in [1.54, 1.807) is 0 Å². The SMILES string of the molecule is CC(C)C(Cc1ccccc1)C(=O)N[C@@H](Cc1ccccc1)C(=O)OC(C)(C)C. The molecule has 2 aromatic rings. The van der Waals surface area contributed by atoms with Crippen molar-refractivity contribution >= 4 is 11.9 Å². The summed E-state index contributed by atoms with van der Waals surface area (Å²) in [4.78, 5) is 26.0. The highest BCUT2D eigenvalue weighted by molar-refractivity contribution is 5.86. The lowest BCUT2D eigenvalue weighted by Gasteiger charge is -2.27. The number of benzene rings is 2. The lowest BCUT2D eigenvalue weighted by atomic mass is 9.88. The average Bonchev–Trinajstić information content (AvgIpc) is 2.65. The third-order valence-corrected chi connectivity index (χ3v) is 4.73. The topological polar surface area (TPSA) is 55.4 Å². The van der Waals surface area contributed by atoms with Crippen molar-refractivity contribution in [3.05, 3.63) is 71.8 Å². The number of carbonyl (C=O) groups is 2. The molecule has 29 heavy (non-hydrogen) atoms. The summed E-state index contributed by atoms with van der Waals surface area (Å²) in [6.45, 7) is 9.57. The van der Waals surface area contributed by atoms with E-state index in [4.69, 9.17) is 4.74 Å². The van der Waals surface area contributed by atoms with E-state index >= 15 is 0 Å². The molecule has 156 valence electrons. The Kier molecular flexibility index (Phi) is 8.00. The van der Waals surface area contributed by atoms with E-state index in [9.17, 15) is 9.59 Å². The van der Waals surface area contributed by atoms with Crippen molar-refractivity contribution in [3.63, 3.8) is 0 Å². The molecule has 0 bridgehead atoms. The standard InChI is InChI=1S/C25H33NO3/c1-18(2)21(16-19-12-8-6-9-13-19)23(27)26-22(24(28)29-25(3,4)5)17-20-14-10-7-11-15-20/h6-15,18,21-22H,16-17H2,1-5H3,(H,26,27)/t21?,22-/m0/s1. The van der Waals surface area contributed by atoms with Gasteiger partial charge in [0, 0.05) is 12.3 Å². The maximum Gasteiger partial charge on any atom is 0.329 e. The Morgan fingerprint density at radius 1 is 0.862 bits per heavy atom. The van der Waals surface area contributed by atoms with Crippen molar-refractivity contribution in [1.29, 1.82) is 0 Å². The minimum atomic E-state index is -0.721. The van der Waals surface area contributed by atoms with E-state index in [1.807, 2.05) is 95.3 Å². The van der Waals surface area contributed by atoms with Crippen LogP contribution < -0.4 is 5.32 Å². The molecule has 0 aliphatic heterocycles. The van der Waals surface area contributed by atoms with Gasteiger partial charge in [0.1, 0.15) is 11.6 Å². The Morgan fingerprint density at radius 2 is 1.34 bits per heavy atom. The van der Waals surface area contributed by atoms with Gasteiger partial charge in [0.05, 0.1) is 0 Å². The molecular formula is C25H33NO3. The second-order valence-electron chi connectivity index (χ2n) is 8.82. The van der Waals surface area contributed by atoms with E-state index in [-0.39, 0.29) is 17.7 Å². The number of ether oxygens (including phenoxy) is 1. The Balaban J connectivity index is 2.17. The third-order valence-electron chi connectivity index (χ3n) is 4.73. The lowest BCUT2D eigenvalue weighted by Crippen LogP contribution is -2.48. The molecule has 2 rings (SSSR count). The zero-order valence-corrected chi connectivity index (χ0v) is 18.1. The number of carbonyl (C=O) groups excluding carboxylic acids is 2. The first kappa shape index (κ1) is 22.7. The van der Waals surface area contributed by atoms with Crippen LogP contribution >= 0.6 is 0 Å². The summed E-state index contributed by atoms with van der Waals surface area (Å²) in [5.41, 5.74) is 1.48. The average molecular weight is 396 g/mol. The van der Waals surface area contributed by atoms with Gasteiger partial charge in [-0.2, -0.15) is 0 Å². The summed E-state index contributed by atoms with van der Waals surface area (Å²) in [6, 6.07) is 18.9. The van der Waals surface area contributed by atoms with Crippen LogP contribution in [-0.4, -0.2) is 23.5 Å². The van der Waals surface area contributed by atoms with Crippen molar-refractivity contribution in [1.82, 2.24) is 5.32 Å². The van der Waals surface area contributed by atoms with E-state index in [2.05, 4.69) is 5.32 Å². The van der Waals surface area contributed by atoms with Gasteiger partial charge in [-0.3, -0.25) is 4.79 Å². The highest BCUT2D eigenvalue weighted by Gasteiger charge is 2.30. The molecular weight excluding hydrogens is 362 g/mol. The highest BCUT2D eigenvalue weighted by atomic mass is 16.6. The summed E-state index contributed by atoms with van der Waals surface area (Å²) in [5, 5.41) is 2.98. The number of hydrogen-bond acceptors (Lipinski definition) is 3. The number of esters is 1. The maximum absolute atomic E-state index is 13.1. The first-order valence-electron chi connectivity index (χ1n) is 10.3. The zero-order chi connectivity index (χ0) is 21.4. The molecule has 4 nitrogen and oxygen atoms in total. The smallest absolute Gasteiger partial charge is 0.329 e. The predicted octanol–water partition coefficient (Wildman–Crippen LogP) is 4.57. The van der Waals surface area contributed by atoms with Gasteiger partial charge in [-0.05, 0) is 44.2 Å². The number of hydrogen-bond donors (Lipinski definition) is 1. The van der Waals surface area contributed by atoms with Gasteiger partial charge in [-0.25, -0.2) is 4.79 Å². The predicted molar refractivity (Wildman–Crippen MR) is 116 cm³/mol. The van der Waals surface area contributed by atoms with Crippen LogP contribution in [0.25, 0.3) is 0 Å². The summed E-state index contributed by atoms with van der Waals surface area (Å²) in [6.07, 6.45) is 1.04. The quantitative estimate of drug-likeness (QED) is 0.666. The summed E-state index contributed by atoms with van der Waals surface area (Å²) in [5.74, 6) is -0.600. The van der Waals surface area contributed by atoms with Crippen LogP contribution in [0.5, 0.6) is 0 Å². The fourth-order valence-corrected chi connectivity index (χ4v) is 3.19. The van der Waals surface area contributed by atoms with Crippen molar-refractivity contribution in [2.75, 3.05) is 0 Å². The van der Waals surface area contributed by atoms with Crippen LogP contribution in [0.3, 0.4) is 0 Å². The molecule has 0 spiro atoms. The molecule has 1 unspecified atom stereocenters. The molecule has 0 aromatic heterocycles. The van der Waals surface area contributed by atoms with Gasteiger partial charge in [0.25, 0.3) is 0 Å². The Bertz CT molecular complexity index is 779. The van der Waals surface area contributed by atoms with Crippen LogP contribution in [0.15, 0.2) is 60.7 Å². The molecule has 2 aromatic carbocycles. The van der Waals surface area contributed by atoms with Gasteiger partial charge in [0.15, 0.2) is 0 Å². The largest absolute Gasteiger partial charge is 0.458 e. The van der Waals surface area contributed by atoms with Crippen molar-refractivity contribution in [2.24, 2.45) is 11.8 Å². The third kappa shape index (κ3) is 7.72. The molecule has 4 heteroatoms. The summed E-state index contributed by atoms with van der Waals surface area (Å²) >= 11 is 0. The number of nitrogens with one attached hydrogen (secondary N) is 1. The van der Waals surface area contributed by atoms with Crippen molar-refractivity contribution < 1.29 is 14.3 Å². The molecule has 0 saturated heterocycles. The molecule has 1 amide bonds. The van der Waals surface area contributed by atoms with E-state index < -0.39 is 17.6 Å². The second kappa shape index (κ2) is 10.2. The molecule has 0 radical (unpaired) electrons. The number of rotatable bonds is 8. The van der Waals surface area contributed by atoms with Gasteiger partial charge in [-0.1, -0.05) is 74.5 Å². The summed E-state index contributed by atoms with van der Waals surface area (Å²) < 4.78 is 5.58. The summed E-state index contributed by atoms with van der Waals surface area (Å²) in [7, 11) is 0. The van der Waals surface area contributed by atoms with Crippen LogP contribution in [-0.2, 0) is 27.2 Å². The lowest BCUT2D eigenvalue weighted by molar-refractivity contribution is -0.159. The van der Waals surface area contributed by atoms with Crippen molar-refractivity contribution in [2.45, 2.75) is 59.1 Å². The van der Waals surface area contributed by atoms with E-state index in [0.29, 0.717) is 12.8 Å². The van der Waals surface area contributed by atoms with Gasteiger partial charge in [0.2, 0.25) is 5.91 Å². The minimum Gasteiger partial charge on any atom is -0.458 e. The van der Waals surface area contributed by atoms with Crippen LogP contribution in [0.2, 0.25) is 0 Å². The van der Waals surface area contributed by atoms with E-state index in [1.165, 1.54) is 0 Å². The molecule has 0 saturated carbocycles. The molecule has 0 heterocycles. The van der Waals surface area contributed by atoms with Gasteiger partial charge in [-0.15, -0.1) is 0 Å².